The number of hydrogen-bond donors (Lipinski definition) is 3. The van der Waals surface area contributed by atoms with E-state index in [0.29, 0.717) is 5.75 Å². The van der Waals surface area contributed by atoms with E-state index in [4.69, 9.17) is 25.9 Å². The molecule has 1 aromatic carbocycles. The number of nitro groups is 1. The number of methoxy groups -OCH3 is 1. The summed E-state index contributed by atoms with van der Waals surface area (Å²) >= 11 is 0. The molecule has 0 unspecified atom stereocenters. The van der Waals surface area contributed by atoms with Crippen molar-refractivity contribution in [3.63, 3.8) is 0 Å². The Labute approximate surface area is 94.8 Å². The summed E-state index contributed by atoms with van der Waals surface area (Å²) in [5, 5.41) is 24.1. The monoisotopic (exact) mass is 246 g/mol. The van der Waals surface area contributed by atoms with E-state index in [1.54, 1.807) is 6.07 Å². The zero-order valence-corrected chi connectivity index (χ0v) is 8.69. The average molecular weight is 246 g/mol. The van der Waals surface area contributed by atoms with Crippen LogP contribution >= 0.6 is 0 Å². The summed E-state index contributed by atoms with van der Waals surface area (Å²) in [6, 6.07) is 4.37. The van der Waals surface area contributed by atoms with Crippen molar-refractivity contribution in [3.05, 3.63) is 38.4 Å². The molecule has 17 heavy (non-hydrogen) atoms. The van der Waals surface area contributed by atoms with Crippen LogP contribution in [0.4, 0.5) is 11.4 Å². The van der Waals surface area contributed by atoms with Crippen molar-refractivity contribution in [2.75, 3.05) is 12.5 Å². The first kappa shape index (κ1) is 14.4. The molecule has 0 saturated heterocycles. The first-order chi connectivity index (χ1) is 7.92. The van der Waals surface area contributed by atoms with Crippen molar-refractivity contribution in [2.45, 2.75) is 0 Å². The van der Waals surface area contributed by atoms with Gasteiger partial charge in [-0.2, -0.15) is 0 Å². The number of nitrogens with one attached hydrogen (secondary N) is 1. The normalized spacial score (nSPS) is 8.59. The first-order valence-electron chi connectivity index (χ1n) is 4.04. The molecule has 0 aliphatic carbocycles. The Balaban J connectivity index is 0.000000557. The van der Waals surface area contributed by atoms with Gasteiger partial charge >= 0.3 is 0 Å². The minimum Gasteiger partial charge on any atom is -0.496 e. The van der Waals surface area contributed by atoms with Crippen LogP contribution in [0.2, 0.25) is 0 Å². The van der Waals surface area contributed by atoms with Gasteiger partial charge in [-0.25, -0.2) is 0 Å². The summed E-state index contributed by atoms with van der Waals surface area (Å²) < 4.78 is 4.83. The molecule has 0 spiro atoms. The molecule has 0 aliphatic heterocycles. The molecular weight excluding hydrogens is 236 g/mol. The molecule has 0 atom stereocenters. The molecule has 0 radical (unpaired) electrons. The fourth-order valence-corrected chi connectivity index (χ4v) is 0.912. The Kier molecular flexibility index (Phi) is 5.74. The number of nitrogen functional groups attached to an aromatic ring is 1. The molecule has 0 saturated carbocycles. The number of anilines is 1. The maximum absolute atomic E-state index is 10.5. The third-order valence-electron chi connectivity index (χ3n) is 1.56. The second-order valence-electron chi connectivity index (χ2n) is 2.52. The Morgan fingerprint density at radius 2 is 1.94 bits per heavy atom. The highest BCUT2D eigenvalue weighted by molar-refractivity contribution is 5.63. The zero-order valence-electron chi connectivity index (χ0n) is 8.69. The number of ether oxygens (including phenoxy) is 1. The van der Waals surface area contributed by atoms with Crippen LogP contribution in [0.15, 0.2) is 18.2 Å². The van der Waals surface area contributed by atoms with Gasteiger partial charge in [0.05, 0.1) is 18.1 Å². The van der Waals surface area contributed by atoms with Crippen LogP contribution in [0.1, 0.15) is 0 Å². The van der Waals surface area contributed by atoms with Gasteiger partial charge in [0.2, 0.25) is 0 Å². The molecular formula is C7H10N4O6. The molecule has 10 heteroatoms. The lowest BCUT2D eigenvalue weighted by molar-refractivity contribution is -0.742. The molecule has 10 nitrogen and oxygen atoms in total. The molecule has 0 aromatic heterocycles. The lowest BCUT2D eigenvalue weighted by atomic mass is 10.2. The van der Waals surface area contributed by atoms with Crippen LogP contribution in [0.25, 0.3) is 0 Å². The van der Waals surface area contributed by atoms with E-state index in [1.165, 1.54) is 19.2 Å². The Bertz CT molecular complexity index is 405. The molecule has 4 N–H and O–H groups in total. The fraction of sp³-hybridized carbons (Fsp3) is 0.143. The molecule has 0 heterocycles. The third-order valence-corrected chi connectivity index (χ3v) is 1.56. The molecule has 0 bridgehead atoms. The quantitative estimate of drug-likeness (QED) is 0.396. The topological polar surface area (TPSA) is 154 Å². The highest BCUT2D eigenvalue weighted by atomic mass is 16.9. The molecule has 1 rings (SSSR count). The van der Waals surface area contributed by atoms with Gasteiger partial charge in [0.15, 0.2) is 0 Å². The summed E-state index contributed by atoms with van der Waals surface area (Å²) in [5.41, 5.74) is 2.38. The van der Waals surface area contributed by atoms with Crippen LogP contribution in [-0.2, 0) is 0 Å². The standard InChI is InChI=1S/C7H9N3O3.HNO3/c1-13-5-2-3-6(9-8)7(4-5)10(11)12;2-1(3)4/h2-4,9H,8H2,1H3;(H,2,3,4). The number of rotatable bonds is 3. The van der Waals surface area contributed by atoms with E-state index in [-0.39, 0.29) is 11.4 Å². The van der Waals surface area contributed by atoms with Gasteiger partial charge in [0, 0.05) is 0 Å². The smallest absolute Gasteiger partial charge is 0.297 e. The largest absolute Gasteiger partial charge is 0.496 e. The summed E-state index contributed by atoms with van der Waals surface area (Å²) in [7, 11) is 1.44. The van der Waals surface area contributed by atoms with Crippen LogP contribution in [0, 0.1) is 20.2 Å². The van der Waals surface area contributed by atoms with Crippen LogP contribution < -0.4 is 16.0 Å². The van der Waals surface area contributed by atoms with E-state index in [9.17, 15) is 10.1 Å². The number of nitrogens with zero attached hydrogens (tertiary/aromatic N) is 2. The minimum absolute atomic E-state index is 0.109. The number of benzene rings is 1. The van der Waals surface area contributed by atoms with Crippen LogP contribution in [-0.4, -0.2) is 22.3 Å². The molecule has 0 amide bonds. The van der Waals surface area contributed by atoms with Gasteiger partial charge in [-0.3, -0.25) is 16.0 Å². The van der Waals surface area contributed by atoms with E-state index in [0.717, 1.165) is 0 Å². The summed E-state index contributed by atoms with van der Waals surface area (Å²) in [6.07, 6.45) is 0. The van der Waals surface area contributed by atoms with Crippen molar-refractivity contribution in [1.29, 1.82) is 0 Å². The van der Waals surface area contributed by atoms with E-state index in [2.05, 4.69) is 5.43 Å². The molecule has 94 valence electrons. The zero-order chi connectivity index (χ0) is 13.4. The van der Waals surface area contributed by atoms with E-state index >= 15 is 0 Å². The van der Waals surface area contributed by atoms with Crippen molar-refractivity contribution < 1.29 is 20.0 Å². The molecule has 1 aromatic rings. The first-order valence-corrected chi connectivity index (χ1v) is 4.04. The van der Waals surface area contributed by atoms with E-state index < -0.39 is 10.0 Å². The summed E-state index contributed by atoms with van der Waals surface area (Å²) in [6.45, 7) is 0. The van der Waals surface area contributed by atoms with Gasteiger partial charge in [0.25, 0.3) is 10.8 Å². The van der Waals surface area contributed by atoms with Gasteiger partial charge in [0.1, 0.15) is 11.4 Å². The SMILES string of the molecule is COc1ccc(NN)c([N+](=O)[O-])c1.O=[N+]([O-])O. The fourth-order valence-electron chi connectivity index (χ4n) is 0.912. The van der Waals surface area contributed by atoms with E-state index in [1.807, 2.05) is 0 Å². The number of hydrazine groups is 1. The van der Waals surface area contributed by atoms with Gasteiger partial charge in [-0.05, 0) is 12.1 Å². The Hall–Kier alpha value is -2.62. The number of hydrogen-bond acceptors (Lipinski definition) is 7. The maximum atomic E-state index is 10.5. The highest BCUT2D eigenvalue weighted by Gasteiger charge is 2.13. The van der Waals surface area contributed by atoms with Gasteiger partial charge in [-0.1, -0.05) is 0 Å². The predicted octanol–water partition coefficient (Wildman–Crippen LogP) is 0.541. The second-order valence-corrected chi connectivity index (χ2v) is 2.52. The lowest BCUT2D eigenvalue weighted by Gasteiger charge is -2.03. The third kappa shape index (κ3) is 5.13. The average Bonchev–Trinajstić information content (AvgIpc) is 2.27. The second kappa shape index (κ2) is 6.79. The maximum Gasteiger partial charge on any atom is 0.297 e. The summed E-state index contributed by atoms with van der Waals surface area (Å²) in [4.78, 5) is 18.3. The molecule has 0 aliphatic rings. The minimum atomic E-state index is -1.50. The summed E-state index contributed by atoms with van der Waals surface area (Å²) in [5.74, 6) is 5.51. The van der Waals surface area contributed by atoms with Crippen LogP contribution in [0.3, 0.4) is 0 Å². The predicted molar refractivity (Wildman–Crippen MR) is 56.2 cm³/mol. The Morgan fingerprint density at radius 3 is 2.29 bits per heavy atom. The van der Waals surface area contributed by atoms with Gasteiger partial charge < -0.3 is 15.4 Å². The van der Waals surface area contributed by atoms with Crippen molar-refractivity contribution in [3.8, 4) is 5.75 Å². The van der Waals surface area contributed by atoms with Gasteiger partial charge in [-0.15, -0.1) is 10.1 Å². The number of nitro benzene ring substituents is 1. The Morgan fingerprint density at radius 1 is 1.41 bits per heavy atom. The van der Waals surface area contributed by atoms with Crippen molar-refractivity contribution in [2.24, 2.45) is 5.84 Å². The molecule has 0 fully saturated rings. The number of nitrogens with two attached hydrogens (primary N) is 1. The lowest BCUT2D eigenvalue weighted by Crippen LogP contribution is -2.08. The van der Waals surface area contributed by atoms with Crippen molar-refractivity contribution >= 4 is 11.4 Å². The van der Waals surface area contributed by atoms with Crippen molar-refractivity contribution in [1.82, 2.24) is 0 Å². The highest BCUT2D eigenvalue weighted by Crippen LogP contribution is 2.27. The van der Waals surface area contributed by atoms with Crippen LogP contribution in [0.5, 0.6) is 5.75 Å².